The number of pyridine rings is 1. The van der Waals surface area contributed by atoms with Crippen LogP contribution in [0.5, 0.6) is 5.75 Å². The standard InChI is InChI=1S/C10H12N2O4/c1-3-9(13)12-8-5-4-7(6-11-8)16-10(14)15-2/h4-6H,3H2,1-2H3,(H,11,12,13). The van der Waals surface area contributed by atoms with Gasteiger partial charge in [0.25, 0.3) is 0 Å². The second-order valence-corrected chi connectivity index (χ2v) is 2.84. The van der Waals surface area contributed by atoms with Gasteiger partial charge in [-0.3, -0.25) is 4.79 Å². The van der Waals surface area contributed by atoms with E-state index >= 15 is 0 Å². The molecule has 0 spiro atoms. The van der Waals surface area contributed by atoms with Crippen molar-refractivity contribution in [3.05, 3.63) is 18.3 Å². The first kappa shape index (κ1) is 12.0. The van der Waals surface area contributed by atoms with E-state index in [9.17, 15) is 9.59 Å². The molecule has 0 aromatic carbocycles. The summed E-state index contributed by atoms with van der Waals surface area (Å²) in [5.74, 6) is 0.527. The Balaban J connectivity index is 2.60. The molecule has 1 aromatic rings. The molecule has 86 valence electrons. The van der Waals surface area contributed by atoms with E-state index < -0.39 is 6.16 Å². The largest absolute Gasteiger partial charge is 0.513 e. The van der Waals surface area contributed by atoms with Crippen LogP contribution in [0.25, 0.3) is 0 Å². The fraction of sp³-hybridized carbons (Fsp3) is 0.300. The molecule has 1 heterocycles. The number of carbonyl (C=O) groups is 2. The summed E-state index contributed by atoms with van der Waals surface area (Å²) in [5, 5.41) is 2.56. The zero-order chi connectivity index (χ0) is 12.0. The van der Waals surface area contributed by atoms with E-state index in [1.54, 1.807) is 6.92 Å². The molecule has 0 radical (unpaired) electrons. The topological polar surface area (TPSA) is 77.5 Å². The van der Waals surface area contributed by atoms with Crippen LogP contribution >= 0.6 is 0 Å². The van der Waals surface area contributed by atoms with Crippen molar-refractivity contribution >= 4 is 17.9 Å². The van der Waals surface area contributed by atoms with Crippen LogP contribution in [0.3, 0.4) is 0 Å². The first-order valence-corrected chi connectivity index (χ1v) is 4.67. The number of anilines is 1. The summed E-state index contributed by atoms with van der Waals surface area (Å²) in [7, 11) is 1.21. The number of methoxy groups -OCH3 is 1. The first-order valence-electron chi connectivity index (χ1n) is 4.67. The molecule has 0 saturated carbocycles. The van der Waals surface area contributed by atoms with Crippen molar-refractivity contribution in [3.63, 3.8) is 0 Å². The second kappa shape index (κ2) is 5.69. The SMILES string of the molecule is CCC(=O)Nc1ccc(OC(=O)OC)cn1. The highest BCUT2D eigenvalue weighted by atomic mass is 16.7. The number of hydrogen-bond donors (Lipinski definition) is 1. The van der Waals surface area contributed by atoms with Crippen LogP contribution < -0.4 is 10.1 Å². The highest BCUT2D eigenvalue weighted by molar-refractivity contribution is 5.89. The Morgan fingerprint density at radius 3 is 2.69 bits per heavy atom. The number of nitrogens with zero attached hydrogens (tertiary/aromatic N) is 1. The fourth-order valence-corrected chi connectivity index (χ4v) is 0.884. The van der Waals surface area contributed by atoms with Crippen molar-refractivity contribution in [2.24, 2.45) is 0 Å². The summed E-state index contributed by atoms with van der Waals surface area (Å²) in [6, 6.07) is 3.04. The van der Waals surface area contributed by atoms with Gasteiger partial charge in [0.05, 0.1) is 13.3 Å². The predicted octanol–water partition coefficient (Wildman–Crippen LogP) is 1.58. The average molecular weight is 224 g/mol. The molecule has 0 fully saturated rings. The summed E-state index contributed by atoms with van der Waals surface area (Å²) in [4.78, 5) is 25.7. The minimum absolute atomic E-state index is 0.130. The molecule has 16 heavy (non-hydrogen) atoms. The van der Waals surface area contributed by atoms with E-state index in [1.807, 2.05) is 0 Å². The van der Waals surface area contributed by atoms with Gasteiger partial charge in [0.2, 0.25) is 5.91 Å². The van der Waals surface area contributed by atoms with Gasteiger partial charge in [0.15, 0.2) is 5.75 Å². The third-order valence-electron chi connectivity index (χ3n) is 1.69. The summed E-state index contributed by atoms with van der Waals surface area (Å²) >= 11 is 0. The van der Waals surface area contributed by atoms with Crippen molar-refractivity contribution in [3.8, 4) is 5.75 Å². The van der Waals surface area contributed by atoms with Gasteiger partial charge in [-0.05, 0) is 12.1 Å². The number of ether oxygens (including phenoxy) is 2. The Bertz CT molecular complexity index is 338. The molecular formula is C10H12N2O4. The van der Waals surface area contributed by atoms with E-state index in [0.717, 1.165) is 0 Å². The zero-order valence-electron chi connectivity index (χ0n) is 9.02. The third kappa shape index (κ3) is 3.56. The molecule has 6 heteroatoms. The van der Waals surface area contributed by atoms with Gasteiger partial charge in [0.1, 0.15) is 5.82 Å². The predicted molar refractivity (Wildman–Crippen MR) is 56.2 cm³/mol. The van der Waals surface area contributed by atoms with Crippen LogP contribution in [0.15, 0.2) is 18.3 Å². The molecule has 0 bridgehead atoms. The molecule has 0 aliphatic heterocycles. The molecule has 1 amide bonds. The van der Waals surface area contributed by atoms with Crippen LogP contribution in [0.4, 0.5) is 10.6 Å². The van der Waals surface area contributed by atoms with Gasteiger partial charge in [-0.25, -0.2) is 9.78 Å². The van der Waals surface area contributed by atoms with Gasteiger partial charge in [-0.1, -0.05) is 6.92 Å². The van der Waals surface area contributed by atoms with Crippen molar-refractivity contribution in [1.82, 2.24) is 4.98 Å². The highest BCUT2D eigenvalue weighted by Crippen LogP contribution is 2.12. The van der Waals surface area contributed by atoms with Crippen LogP contribution in [-0.4, -0.2) is 24.2 Å². The maximum Gasteiger partial charge on any atom is 0.513 e. The molecule has 1 rings (SSSR count). The first-order chi connectivity index (χ1) is 7.65. The number of nitrogens with one attached hydrogen (secondary N) is 1. The lowest BCUT2D eigenvalue weighted by Crippen LogP contribution is -2.11. The average Bonchev–Trinajstić information content (AvgIpc) is 2.31. The Morgan fingerprint density at radius 2 is 2.19 bits per heavy atom. The number of carbonyl (C=O) groups excluding carboxylic acids is 2. The summed E-state index contributed by atoms with van der Waals surface area (Å²) in [6.07, 6.45) is 0.886. The van der Waals surface area contributed by atoms with E-state index in [2.05, 4.69) is 15.0 Å². The molecule has 0 atom stereocenters. The van der Waals surface area contributed by atoms with E-state index in [0.29, 0.717) is 12.2 Å². The molecular weight excluding hydrogens is 212 g/mol. The minimum Gasteiger partial charge on any atom is -0.437 e. The minimum atomic E-state index is -0.813. The van der Waals surface area contributed by atoms with E-state index in [-0.39, 0.29) is 11.7 Å². The van der Waals surface area contributed by atoms with E-state index in [4.69, 9.17) is 4.74 Å². The Hall–Kier alpha value is -2.11. The van der Waals surface area contributed by atoms with Crippen molar-refractivity contribution in [2.45, 2.75) is 13.3 Å². The van der Waals surface area contributed by atoms with Gasteiger partial charge in [-0.15, -0.1) is 0 Å². The van der Waals surface area contributed by atoms with Gasteiger partial charge in [-0.2, -0.15) is 0 Å². The van der Waals surface area contributed by atoms with Gasteiger partial charge in [0, 0.05) is 6.42 Å². The summed E-state index contributed by atoms with van der Waals surface area (Å²) in [6.45, 7) is 1.74. The third-order valence-corrected chi connectivity index (χ3v) is 1.69. The zero-order valence-corrected chi connectivity index (χ0v) is 9.02. The molecule has 1 aromatic heterocycles. The lowest BCUT2D eigenvalue weighted by molar-refractivity contribution is -0.115. The normalized spacial score (nSPS) is 9.38. The molecule has 0 saturated heterocycles. The molecule has 6 nitrogen and oxygen atoms in total. The van der Waals surface area contributed by atoms with E-state index in [1.165, 1.54) is 25.4 Å². The Kier molecular flexibility index (Phi) is 4.26. The number of rotatable bonds is 3. The molecule has 0 aliphatic carbocycles. The van der Waals surface area contributed by atoms with Gasteiger partial charge >= 0.3 is 6.16 Å². The maximum absolute atomic E-state index is 11.0. The number of amides is 1. The van der Waals surface area contributed by atoms with Crippen molar-refractivity contribution in [1.29, 1.82) is 0 Å². The summed E-state index contributed by atoms with van der Waals surface area (Å²) < 4.78 is 9.02. The lowest BCUT2D eigenvalue weighted by atomic mass is 10.4. The van der Waals surface area contributed by atoms with Crippen LogP contribution in [0.2, 0.25) is 0 Å². The quantitative estimate of drug-likeness (QED) is 0.788. The number of aromatic nitrogens is 1. The Morgan fingerprint density at radius 1 is 1.44 bits per heavy atom. The Labute approximate surface area is 92.6 Å². The lowest BCUT2D eigenvalue weighted by Gasteiger charge is -2.04. The monoisotopic (exact) mass is 224 g/mol. The fourth-order valence-electron chi connectivity index (χ4n) is 0.884. The van der Waals surface area contributed by atoms with Crippen molar-refractivity contribution in [2.75, 3.05) is 12.4 Å². The molecule has 1 N–H and O–H groups in total. The maximum atomic E-state index is 11.0. The molecule has 0 aliphatic rings. The van der Waals surface area contributed by atoms with Crippen LogP contribution in [0, 0.1) is 0 Å². The second-order valence-electron chi connectivity index (χ2n) is 2.84. The molecule has 0 unspecified atom stereocenters. The van der Waals surface area contributed by atoms with Crippen molar-refractivity contribution < 1.29 is 19.1 Å². The number of hydrogen-bond acceptors (Lipinski definition) is 5. The smallest absolute Gasteiger partial charge is 0.437 e. The highest BCUT2D eigenvalue weighted by Gasteiger charge is 2.04. The van der Waals surface area contributed by atoms with Crippen LogP contribution in [0.1, 0.15) is 13.3 Å². The summed E-state index contributed by atoms with van der Waals surface area (Å²) in [5.41, 5.74) is 0. The van der Waals surface area contributed by atoms with Gasteiger partial charge < -0.3 is 14.8 Å². The van der Waals surface area contributed by atoms with Crippen LogP contribution in [-0.2, 0) is 9.53 Å².